The van der Waals surface area contributed by atoms with Gasteiger partial charge in [0.15, 0.2) is 0 Å². The zero-order valence-electron chi connectivity index (χ0n) is 11.6. The predicted octanol–water partition coefficient (Wildman–Crippen LogP) is 1.78. The smallest absolute Gasteiger partial charge is 0.328 e. The van der Waals surface area contributed by atoms with Crippen LogP contribution in [0.1, 0.15) is 25.5 Å². The zero-order chi connectivity index (χ0) is 14.0. The molecule has 1 aliphatic carbocycles. The van der Waals surface area contributed by atoms with Crippen LogP contribution in [0.2, 0.25) is 5.02 Å². The van der Waals surface area contributed by atoms with Crippen molar-refractivity contribution >= 4 is 17.6 Å². The second-order valence-electron chi connectivity index (χ2n) is 5.00. The highest BCUT2D eigenvalue weighted by Gasteiger charge is 2.52. The molecule has 5 nitrogen and oxygen atoms in total. The number of methoxy groups -OCH3 is 1. The number of hydrogen-bond acceptors (Lipinski definition) is 4. The Hall–Kier alpha value is -1.07. The fourth-order valence-corrected chi connectivity index (χ4v) is 2.67. The van der Waals surface area contributed by atoms with Crippen LogP contribution >= 0.6 is 11.6 Å². The number of ether oxygens (including phenoxy) is 1. The molecular formula is C13H20ClN3O2. The molecule has 1 N–H and O–H groups in total. The molecule has 1 heterocycles. The van der Waals surface area contributed by atoms with Crippen molar-refractivity contribution in [3.8, 4) is 0 Å². The van der Waals surface area contributed by atoms with Gasteiger partial charge in [-0.25, -0.2) is 4.79 Å². The topological polar surface area (TPSA) is 56.2 Å². The van der Waals surface area contributed by atoms with E-state index in [0.29, 0.717) is 24.0 Å². The fourth-order valence-electron chi connectivity index (χ4n) is 2.53. The van der Waals surface area contributed by atoms with Crippen molar-refractivity contribution in [3.63, 3.8) is 0 Å². The number of carbonyl (C=O) groups excluding carboxylic acids is 1. The zero-order valence-corrected chi connectivity index (χ0v) is 12.3. The molecule has 1 aromatic heterocycles. The lowest BCUT2D eigenvalue weighted by Gasteiger charge is -2.32. The molecule has 0 spiro atoms. The Bertz CT molecular complexity index is 470. The molecule has 106 valence electrons. The first-order valence-electron chi connectivity index (χ1n) is 6.56. The van der Waals surface area contributed by atoms with Crippen LogP contribution in [-0.4, -0.2) is 34.9 Å². The summed E-state index contributed by atoms with van der Waals surface area (Å²) < 4.78 is 6.79. The maximum absolute atomic E-state index is 12.3. The van der Waals surface area contributed by atoms with Gasteiger partial charge in [-0.2, -0.15) is 5.10 Å². The van der Waals surface area contributed by atoms with Gasteiger partial charge in [0.2, 0.25) is 0 Å². The highest BCUT2D eigenvalue weighted by Crippen LogP contribution is 2.41. The summed E-state index contributed by atoms with van der Waals surface area (Å²) in [5.41, 5.74) is 0.178. The predicted molar refractivity (Wildman–Crippen MR) is 73.1 cm³/mol. The average Bonchev–Trinajstić information content (AvgIpc) is 3.20. The first kappa shape index (κ1) is 14.3. The minimum Gasteiger partial charge on any atom is -0.468 e. The number of nitrogens with one attached hydrogen (secondary N) is 1. The van der Waals surface area contributed by atoms with E-state index in [1.165, 1.54) is 7.11 Å². The van der Waals surface area contributed by atoms with Crippen molar-refractivity contribution in [2.24, 2.45) is 5.92 Å². The van der Waals surface area contributed by atoms with Crippen LogP contribution < -0.4 is 5.32 Å². The van der Waals surface area contributed by atoms with E-state index in [4.69, 9.17) is 16.3 Å². The van der Waals surface area contributed by atoms with Gasteiger partial charge < -0.3 is 10.1 Å². The maximum atomic E-state index is 12.3. The second-order valence-corrected chi connectivity index (χ2v) is 5.41. The molecule has 0 bridgehead atoms. The van der Waals surface area contributed by atoms with E-state index in [0.717, 1.165) is 18.5 Å². The molecule has 1 atom stereocenters. The Morgan fingerprint density at radius 3 is 2.79 bits per heavy atom. The second kappa shape index (κ2) is 5.51. The fraction of sp³-hybridized carbons (Fsp3) is 0.692. The molecular weight excluding hydrogens is 266 g/mol. The van der Waals surface area contributed by atoms with Gasteiger partial charge in [-0.15, -0.1) is 0 Å². The van der Waals surface area contributed by atoms with Crippen LogP contribution in [-0.2, 0) is 16.1 Å². The number of hydrogen-bond donors (Lipinski definition) is 1. The van der Waals surface area contributed by atoms with Crippen molar-refractivity contribution in [1.82, 2.24) is 15.1 Å². The number of carbonyl (C=O) groups is 1. The molecule has 0 aromatic carbocycles. The number of halogens is 1. The van der Waals surface area contributed by atoms with Crippen molar-refractivity contribution in [2.45, 2.75) is 38.8 Å². The molecule has 1 fully saturated rings. The standard InChI is InChI=1S/C13H20ClN3O2/c1-4-15-13(10-5-6-10,12(18)19-3)8-17-9(2)11(14)7-16-17/h7,10,15H,4-6,8H2,1-3H3. The van der Waals surface area contributed by atoms with E-state index in [1.807, 2.05) is 13.8 Å². The lowest BCUT2D eigenvalue weighted by Crippen LogP contribution is -2.57. The van der Waals surface area contributed by atoms with Crippen LogP contribution in [0.15, 0.2) is 6.20 Å². The minimum absolute atomic E-state index is 0.220. The SMILES string of the molecule is CCNC(Cn1ncc(Cl)c1C)(C(=O)OC)C1CC1. The van der Waals surface area contributed by atoms with Gasteiger partial charge in [-0.3, -0.25) is 4.68 Å². The molecule has 0 amide bonds. The molecule has 0 aliphatic heterocycles. The van der Waals surface area contributed by atoms with Gasteiger partial charge in [-0.05, 0) is 32.2 Å². The maximum Gasteiger partial charge on any atom is 0.328 e. The highest BCUT2D eigenvalue weighted by atomic mass is 35.5. The summed E-state index contributed by atoms with van der Waals surface area (Å²) in [6.45, 7) is 5.05. The third-order valence-corrected chi connectivity index (χ3v) is 4.13. The van der Waals surface area contributed by atoms with E-state index < -0.39 is 5.54 Å². The number of aromatic nitrogens is 2. The number of esters is 1. The van der Waals surface area contributed by atoms with Gasteiger partial charge in [0.05, 0.1) is 30.6 Å². The normalized spacial score (nSPS) is 18.1. The van der Waals surface area contributed by atoms with Gasteiger partial charge in [0.25, 0.3) is 0 Å². The van der Waals surface area contributed by atoms with Gasteiger partial charge in [0.1, 0.15) is 5.54 Å². The summed E-state index contributed by atoms with van der Waals surface area (Å²) in [6, 6.07) is 0. The summed E-state index contributed by atoms with van der Waals surface area (Å²) in [7, 11) is 1.43. The van der Waals surface area contributed by atoms with Crippen molar-refractivity contribution < 1.29 is 9.53 Å². The Labute approximate surface area is 118 Å². The minimum atomic E-state index is -0.691. The molecule has 1 saturated carbocycles. The monoisotopic (exact) mass is 285 g/mol. The quantitative estimate of drug-likeness (QED) is 0.810. The molecule has 0 saturated heterocycles. The number of nitrogens with zero attached hydrogens (tertiary/aromatic N) is 2. The Morgan fingerprint density at radius 2 is 2.37 bits per heavy atom. The lowest BCUT2D eigenvalue weighted by molar-refractivity contribution is -0.150. The van der Waals surface area contributed by atoms with Gasteiger partial charge in [0, 0.05) is 0 Å². The average molecular weight is 286 g/mol. The summed E-state index contributed by atoms with van der Waals surface area (Å²) in [4.78, 5) is 12.3. The lowest BCUT2D eigenvalue weighted by atomic mass is 9.92. The van der Waals surface area contributed by atoms with Crippen molar-refractivity contribution in [1.29, 1.82) is 0 Å². The number of likely N-dealkylation sites (N-methyl/N-ethyl adjacent to an activating group) is 1. The molecule has 0 radical (unpaired) electrons. The molecule has 2 rings (SSSR count). The van der Waals surface area contributed by atoms with E-state index in [1.54, 1.807) is 10.9 Å². The highest BCUT2D eigenvalue weighted by molar-refractivity contribution is 6.31. The Morgan fingerprint density at radius 1 is 1.68 bits per heavy atom. The summed E-state index contributed by atoms with van der Waals surface area (Å²) in [5, 5.41) is 8.18. The van der Waals surface area contributed by atoms with Gasteiger partial charge in [-0.1, -0.05) is 18.5 Å². The first-order chi connectivity index (χ1) is 9.05. The molecule has 6 heteroatoms. The van der Waals surface area contributed by atoms with Crippen molar-refractivity contribution in [2.75, 3.05) is 13.7 Å². The third kappa shape index (κ3) is 2.62. The van der Waals surface area contributed by atoms with Crippen LogP contribution in [0.4, 0.5) is 0 Å². The van der Waals surface area contributed by atoms with E-state index in [2.05, 4.69) is 10.4 Å². The molecule has 1 aromatic rings. The van der Waals surface area contributed by atoms with Gasteiger partial charge >= 0.3 is 5.97 Å². The Balaban J connectivity index is 2.31. The summed E-state index contributed by atoms with van der Waals surface area (Å²) in [6.07, 6.45) is 3.68. The van der Waals surface area contributed by atoms with Crippen molar-refractivity contribution in [3.05, 3.63) is 16.9 Å². The van der Waals surface area contributed by atoms with E-state index in [9.17, 15) is 4.79 Å². The summed E-state index contributed by atoms with van der Waals surface area (Å²) >= 11 is 6.02. The molecule has 1 unspecified atom stereocenters. The third-order valence-electron chi connectivity index (χ3n) is 3.76. The largest absolute Gasteiger partial charge is 0.468 e. The van der Waals surface area contributed by atoms with Crippen LogP contribution in [0.3, 0.4) is 0 Å². The first-order valence-corrected chi connectivity index (χ1v) is 6.94. The van der Waals surface area contributed by atoms with E-state index >= 15 is 0 Å². The summed E-state index contributed by atoms with van der Waals surface area (Å²) in [5.74, 6) is 0.0881. The molecule has 1 aliphatic rings. The number of rotatable bonds is 6. The van der Waals surface area contributed by atoms with E-state index in [-0.39, 0.29) is 5.97 Å². The molecule has 19 heavy (non-hydrogen) atoms. The van der Waals surface area contributed by atoms with Crippen LogP contribution in [0.25, 0.3) is 0 Å². The van der Waals surface area contributed by atoms with Crippen LogP contribution in [0, 0.1) is 12.8 Å². The van der Waals surface area contributed by atoms with Crippen LogP contribution in [0.5, 0.6) is 0 Å². The Kier molecular flexibility index (Phi) is 4.16.